The van der Waals surface area contributed by atoms with Crippen LogP contribution in [0.2, 0.25) is 0 Å². The summed E-state index contributed by atoms with van der Waals surface area (Å²) in [6.07, 6.45) is 8.12. The number of nitrogens with one attached hydrogen (secondary N) is 2. The third kappa shape index (κ3) is 3.98. The molecule has 1 saturated heterocycles. The Morgan fingerprint density at radius 1 is 1.16 bits per heavy atom. The van der Waals surface area contributed by atoms with Gasteiger partial charge in [0, 0.05) is 13.6 Å². The summed E-state index contributed by atoms with van der Waals surface area (Å²) in [5.41, 5.74) is 1.02. The molecule has 0 aromatic heterocycles. The van der Waals surface area contributed by atoms with E-state index in [1.807, 2.05) is 24.3 Å². The molecule has 1 aromatic carbocycles. The van der Waals surface area contributed by atoms with E-state index in [-0.39, 0.29) is 11.3 Å². The normalized spacial score (nSPS) is 38.7. The van der Waals surface area contributed by atoms with Gasteiger partial charge in [0.2, 0.25) is 5.91 Å². The van der Waals surface area contributed by atoms with E-state index in [1.54, 1.807) is 7.11 Å². The Morgan fingerprint density at radius 3 is 2.42 bits per heavy atom. The minimum Gasteiger partial charge on any atom is -0.497 e. The number of ether oxygens (including phenoxy) is 1. The molecule has 1 heterocycles. The lowest BCUT2D eigenvalue weighted by molar-refractivity contribution is -0.127. The number of methoxy groups -OCH3 is 1. The molecule has 4 saturated carbocycles. The quantitative estimate of drug-likeness (QED) is 0.726. The van der Waals surface area contributed by atoms with Gasteiger partial charge in [-0.2, -0.15) is 17.4 Å². The zero-order valence-corrected chi connectivity index (χ0v) is 19.2. The van der Waals surface area contributed by atoms with Gasteiger partial charge in [0.25, 0.3) is 10.2 Å². The monoisotopic (exact) mass is 447 g/mol. The van der Waals surface area contributed by atoms with Crippen LogP contribution < -0.4 is 14.8 Å². The van der Waals surface area contributed by atoms with E-state index in [1.165, 1.54) is 49.9 Å². The zero-order chi connectivity index (χ0) is 21.8. The maximum absolute atomic E-state index is 13.2. The molecule has 0 spiro atoms. The Bertz CT molecular complexity index is 928. The average Bonchev–Trinajstić information content (AvgIpc) is 2.73. The van der Waals surface area contributed by atoms with Gasteiger partial charge in [0.1, 0.15) is 11.8 Å². The number of hydrogen-bond acceptors (Lipinski definition) is 4. The van der Waals surface area contributed by atoms with Crippen molar-refractivity contribution in [2.45, 2.75) is 57.0 Å². The third-order valence-corrected chi connectivity index (χ3v) is 9.76. The van der Waals surface area contributed by atoms with Crippen LogP contribution in [-0.4, -0.2) is 45.4 Å². The number of benzene rings is 1. The van der Waals surface area contributed by atoms with E-state index >= 15 is 0 Å². The van der Waals surface area contributed by atoms with Gasteiger partial charge in [0.15, 0.2) is 0 Å². The fourth-order valence-corrected chi connectivity index (χ4v) is 8.36. The average molecular weight is 448 g/mol. The van der Waals surface area contributed by atoms with Gasteiger partial charge < -0.3 is 10.1 Å². The van der Waals surface area contributed by atoms with Gasteiger partial charge in [-0.3, -0.25) is 4.79 Å². The molecule has 4 aliphatic carbocycles. The second-order valence-electron chi connectivity index (χ2n) is 10.4. The highest BCUT2D eigenvalue weighted by Crippen LogP contribution is 2.59. The first-order chi connectivity index (χ1) is 14.8. The number of likely N-dealkylation sites (N-methyl/N-ethyl adjacent to an activating group) is 1. The van der Waals surface area contributed by atoms with Crippen molar-refractivity contribution in [3.8, 4) is 5.75 Å². The number of amides is 1. The molecule has 5 fully saturated rings. The predicted molar refractivity (Wildman–Crippen MR) is 118 cm³/mol. The lowest BCUT2D eigenvalue weighted by Crippen LogP contribution is -2.58. The summed E-state index contributed by atoms with van der Waals surface area (Å²) < 4.78 is 34.7. The molecule has 0 unspecified atom stereocenters. The van der Waals surface area contributed by atoms with E-state index in [9.17, 15) is 13.2 Å². The highest BCUT2D eigenvalue weighted by molar-refractivity contribution is 7.87. The van der Waals surface area contributed by atoms with Crippen molar-refractivity contribution in [3.05, 3.63) is 29.8 Å². The first-order valence-electron chi connectivity index (χ1n) is 11.4. The van der Waals surface area contributed by atoms with Crippen LogP contribution in [0.15, 0.2) is 24.3 Å². The van der Waals surface area contributed by atoms with Gasteiger partial charge in [-0.1, -0.05) is 12.1 Å². The molecule has 2 atom stereocenters. The molecule has 170 valence electrons. The number of nitrogens with zero attached hydrogens (tertiary/aromatic N) is 1. The molecule has 2 N–H and O–H groups in total. The summed E-state index contributed by atoms with van der Waals surface area (Å²) in [7, 11) is -0.687. The van der Waals surface area contributed by atoms with Crippen LogP contribution in [0, 0.1) is 23.2 Å². The Labute approximate surface area is 185 Å². The van der Waals surface area contributed by atoms with E-state index in [0.717, 1.165) is 23.3 Å². The maximum Gasteiger partial charge on any atom is 0.280 e. The molecule has 31 heavy (non-hydrogen) atoms. The predicted octanol–water partition coefficient (Wildman–Crippen LogP) is 2.61. The van der Waals surface area contributed by atoms with Crippen LogP contribution >= 0.6 is 0 Å². The van der Waals surface area contributed by atoms with E-state index in [0.29, 0.717) is 18.7 Å². The van der Waals surface area contributed by atoms with E-state index in [2.05, 4.69) is 10.0 Å². The molecule has 5 aliphatic rings. The smallest absolute Gasteiger partial charge is 0.280 e. The highest BCUT2D eigenvalue weighted by atomic mass is 32.2. The highest BCUT2D eigenvalue weighted by Gasteiger charge is 2.51. The van der Waals surface area contributed by atoms with Crippen molar-refractivity contribution in [3.63, 3.8) is 0 Å². The molecular formula is C23H33N3O4S. The van der Waals surface area contributed by atoms with Crippen molar-refractivity contribution in [1.82, 2.24) is 14.3 Å². The minimum absolute atomic E-state index is 0.184. The molecule has 6 rings (SSSR count). The third-order valence-electron chi connectivity index (χ3n) is 8.17. The lowest BCUT2D eigenvalue weighted by atomic mass is 9.49. The van der Waals surface area contributed by atoms with Crippen molar-refractivity contribution in [1.29, 1.82) is 0 Å². The molecule has 1 aromatic rings. The Morgan fingerprint density at radius 2 is 1.81 bits per heavy atom. The fourth-order valence-electron chi connectivity index (χ4n) is 7.08. The topological polar surface area (TPSA) is 87.7 Å². The minimum atomic E-state index is -3.75. The summed E-state index contributed by atoms with van der Waals surface area (Å²) in [5.74, 6) is 2.95. The molecular weight excluding hydrogens is 414 g/mol. The van der Waals surface area contributed by atoms with Crippen molar-refractivity contribution < 1.29 is 17.9 Å². The first-order valence-corrected chi connectivity index (χ1v) is 12.9. The molecule has 7 nitrogen and oxygen atoms in total. The summed E-state index contributed by atoms with van der Waals surface area (Å²) >= 11 is 0. The van der Waals surface area contributed by atoms with Crippen molar-refractivity contribution >= 4 is 16.1 Å². The summed E-state index contributed by atoms with van der Waals surface area (Å²) in [6.45, 7) is 0.678. The summed E-state index contributed by atoms with van der Waals surface area (Å²) in [5, 5.41) is 3.17. The van der Waals surface area contributed by atoms with Crippen LogP contribution in [0.4, 0.5) is 0 Å². The summed E-state index contributed by atoms with van der Waals surface area (Å²) in [6, 6.07) is 6.16. The number of carbonyl (C=O) groups is 1. The Hall–Kier alpha value is -1.64. The Kier molecular flexibility index (Phi) is 5.30. The van der Waals surface area contributed by atoms with Gasteiger partial charge in [-0.25, -0.2) is 0 Å². The van der Waals surface area contributed by atoms with Crippen molar-refractivity contribution in [2.75, 3.05) is 20.7 Å². The van der Waals surface area contributed by atoms with Crippen molar-refractivity contribution in [2.24, 2.45) is 23.2 Å². The molecule has 1 aliphatic heterocycles. The lowest BCUT2D eigenvalue weighted by Gasteiger charge is -2.57. The zero-order valence-electron chi connectivity index (χ0n) is 18.3. The second-order valence-corrected chi connectivity index (χ2v) is 12.1. The second kappa shape index (κ2) is 7.74. The molecule has 0 radical (unpaired) electrons. The first kappa shape index (κ1) is 21.2. The van der Waals surface area contributed by atoms with Gasteiger partial charge in [0.05, 0.1) is 13.2 Å². The SMILES string of the molecule is COc1cccc([C@H]2C[C@@H](C(=O)NCC34CC5CC(CC(C5)C3)C4)N(C)S(=O)(=O)N2)c1. The Balaban J connectivity index is 1.30. The standard InChI is InChI=1S/C23H33N3O4S/c1-26-21(10-20(25-31(26,28)29)18-4-3-5-19(9-18)30-2)22(27)24-14-23-11-15-6-16(12-23)8-17(7-15)13-23/h3-5,9,15-17,20-21,25H,6-8,10-14H2,1-2H3,(H,24,27)/t15?,16?,17?,20-,21+,23?/m1/s1. The van der Waals surface area contributed by atoms with Gasteiger partial charge in [-0.05, 0) is 85.8 Å². The number of hydrogen-bond donors (Lipinski definition) is 2. The largest absolute Gasteiger partial charge is 0.497 e. The van der Waals surface area contributed by atoms with Gasteiger partial charge >= 0.3 is 0 Å². The van der Waals surface area contributed by atoms with Gasteiger partial charge in [-0.15, -0.1) is 0 Å². The number of carbonyl (C=O) groups excluding carboxylic acids is 1. The molecule has 1 amide bonds. The van der Waals surface area contributed by atoms with Crippen LogP contribution in [0.3, 0.4) is 0 Å². The summed E-state index contributed by atoms with van der Waals surface area (Å²) in [4.78, 5) is 13.2. The van der Waals surface area contributed by atoms with Crippen LogP contribution in [0.5, 0.6) is 5.75 Å². The van der Waals surface area contributed by atoms with Crippen LogP contribution in [-0.2, 0) is 15.0 Å². The number of rotatable bonds is 5. The van der Waals surface area contributed by atoms with E-state index < -0.39 is 22.3 Å². The molecule has 4 bridgehead atoms. The van der Waals surface area contributed by atoms with Crippen LogP contribution in [0.1, 0.15) is 56.6 Å². The van der Waals surface area contributed by atoms with Crippen LogP contribution in [0.25, 0.3) is 0 Å². The fraction of sp³-hybridized carbons (Fsp3) is 0.696. The molecule has 8 heteroatoms. The van der Waals surface area contributed by atoms with E-state index in [4.69, 9.17) is 4.74 Å². The maximum atomic E-state index is 13.2.